The molecule has 1 aromatic carbocycles. The maximum Gasteiger partial charge on any atom is 0.244 e. The summed E-state index contributed by atoms with van der Waals surface area (Å²) in [4.78, 5) is 23.4. The van der Waals surface area contributed by atoms with Gasteiger partial charge in [-0.2, -0.15) is 0 Å². The third kappa shape index (κ3) is 4.11. The summed E-state index contributed by atoms with van der Waals surface area (Å²) in [6.45, 7) is 3.74. The van der Waals surface area contributed by atoms with Gasteiger partial charge in [0.25, 0.3) is 0 Å². The number of carbonyl (C=O) groups excluding carboxylic acids is 1. The number of aryl methyl sites for hydroxylation is 1. The van der Waals surface area contributed by atoms with Crippen molar-refractivity contribution in [3.63, 3.8) is 0 Å². The summed E-state index contributed by atoms with van der Waals surface area (Å²) in [6, 6.07) is 5.84. The maximum absolute atomic E-state index is 13.6. The first kappa shape index (κ1) is 18.5. The van der Waals surface area contributed by atoms with Crippen molar-refractivity contribution in [2.24, 2.45) is 7.05 Å². The summed E-state index contributed by atoms with van der Waals surface area (Å²) in [6.07, 6.45) is 3.74. The predicted molar refractivity (Wildman–Crippen MR) is 97.9 cm³/mol. The first-order valence-corrected chi connectivity index (χ1v) is 8.85. The topological polar surface area (TPSA) is 44.6 Å². The highest BCUT2D eigenvalue weighted by Crippen LogP contribution is 2.22. The molecule has 2 heterocycles. The molecule has 6 nitrogen and oxygen atoms in total. The van der Waals surface area contributed by atoms with Crippen molar-refractivity contribution >= 4 is 5.91 Å². The first-order valence-electron chi connectivity index (χ1n) is 8.85. The van der Waals surface area contributed by atoms with Crippen LogP contribution in [0, 0.1) is 5.82 Å². The molecule has 1 unspecified atom stereocenters. The minimum Gasteiger partial charge on any atom is -0.338 e. The standard InChI is InChI=1S/C19H26FN5O/c1-22(2)18(15-5-4-6-16(20)13-15)19(26)25-11-9-24(10-12-25)14-17-21-7-8-23(17)3/h4-8,13,18H,9-12,14H2,1-3H3. The number of rotatable bonds is 5. The molecule has 0 aliphatic carbocycles. The van der Waals surface area contributed by atoms with E-state index in [1.54, 1.807) is 12.3 Å². The Morgan fingerprint density at radius 2 is 2.00 bits per heavy atom. The van der Waals surface area contributed by atoms with Crippen LogP contribution >= 0.6 is 0 Å². The quantitative estimate of drug-likeness (QED) is 0.812. The monoisotopic (exact) mass is 359 g/mol. The Balaban J connectivity index is 1.63. The molecular formula is C19H26FN5O. The van der Waals surface area contributed by atoms with E-state index in [9.17, 15) is 9.18 Å². The molecule has 26 heavy (non-hydrogen) atoms. The number of amides is 1. The van der Waals surface area contributed by atoms with Crippen molar-refractivity contribution in [1.82, 2.24) is 24.3 Å². The molecule has 1 aliphatic heterocycles. The van der Waals surface area contributed by atoms with E-state index in [1.807, 2.05) is 47.8 Å². The normalized spacial score (nSPS) is 16.9. The number of carbonyl (C=O) groups is 1. The third-order valence-corrected chi connectivity index (χ3v) is 4.88. The summed E-state index contributed by atoms with van der Waals surface area (Å²) in [7, 11) is 5.69. The van der Waals surface area contributed by atoms with E-state index in [0.29, 0.717) is 18.7 Å². The van der Waals surface area contributed by atoms with Crippen LogP contribution in [-0.2, 0) is 18.4 Å². The lowest BCUT2D eigenvalue weighted by molar-refractivity contribution is -0.138. The number of likely N-dealkylation sites (N-methyl/N-ethyl adjacent to an activating group) is 1. The molecule has 1 fully saturated rings. The lowest BCUT2D eigenvalue weighted by atomic mass is 10.0. The van der Waals surface area contributed by atoms with Crippen LogP contribution in [0.1, 0.15) is 17.4 Å². The molecule has 0 spiro atoms. The lowest BCUT2D eigenvalue weighted by Crippen LogP contribution is -2.51. The molecule has 1 saturated heterocycles. The molecule has 0 radical (unpaired) electrons. The minimum absolute atomic E-state index is 0.0252. The van der Waals surface area contributed by atoms with Crippen LogP contribution in [-0.4, -0.2) is 70.4 Å². The van der Waals surface area contributed by atoms with Gasteiger partial charge >= 0.3 is 0 Å². The lowest BCUT2D eigenvalue weighted by Gasteiger charge is -2.37. The molecule has 3 rings (SSSR count). The van der Waals surface area contributed by atoms with Crippen LogP contribution in [0.4, 0.5) is 4.39 Å². The second kappa shape index (κ2) is 7.97. The molecule has 1 aliphatic rings. The second-order valence-electron chi connectivity index (χ2n) is 6.98. The van der Waals surface area contributed by atoms with Crippen molar-refractivity contribution in [1.29, 1.82) is 0 Å². The molecule has 1 aromatic heterocycles. The fraction of sp³-hybridized carbons (Fsp3) is 0.474. The average molecular weight is 359 g/mol. The Labute approximate surface area is 153 Å². The van der Waals surface area contributed by atoms with E-state index in [-0.39, 0.29) is 11.7 Å². The van der Waals surface area contributed by atoms with Gasteiger partial charge < -0.3 is 9.47 Å². The van der Waals surface area contributed by atoms with Gasteiger partial charge in [-0.25, -0.2) is 9.37 Å². The third-order valence-electron chi connectivity index (χ3n) is 4.88. The Hall–Kier alpha value is -2.25. The van der Waals surface area contributed by atoms with Gasteiger partial charge in [-0.05, 0) is 31.8 Å². The van der Waals surface area contributed by atoms with Crippen LogP contribution in [0.25, 0.3) is 0 Å². The van der Waals surface area contributed by atoms with E-state index in [4.69, 9.17) is 0 Å². The van der Waals surface area contributed by atoms with Crippen molar-refractivity contribution in [2.45, 2.75) is 12.6 Å². The molecule has 7 heteroatoms. The summed E-state index contributed by atoms with van der Waals surface area (Å²) >= 11 is 0. The predicted octanol–water partition coefficient (Wildman–Crippen LogP) is 1.51. The van der Waals surface area contributed by atoms with E-state index in [1.165, 1.54) is 12.1 Å². The molecule has 2 aromatic rings. The summed E-state index contributed by atoms with van der Waals surface area (Å²) in [5.41, 5.74) is 0.690. The van der Waals surface area contributed by atoms with Crippen LogP contribution in [0.15, 0.2) is 36.7 Å². The molecule has 1 atom stereocenters. The van der Waals surface area contributed by atoms with Crippen LogP contribution in [0.3, 0.4) is 0 Å². The maximum atomic E-state index is 13.6. The minimum atomic E-state index is -0.466. The Kier molecular flexibility index (Phi) is 5.68. The van der Waals surface area contributed by atoms with Gasteiger partial charge in [-0.15, -0.1) is 0 Å². The average Bonchev–Trinajstić information content (AvgIpc) is 3.00. The van der Waals surface area contributed by atoms with E-state index >= 15 is 0 Å². The second-order valence-corrected chi connectivity index (χ2v) is 6.98. The highest BCUT2D eigenvalue weighted by atomic mass is 19.1. The van der Waals surface area contributed by atoms with Crippen LogP contribution in [0.5, 0.6) is 0 Å². The fourth-order valence-corrected chi connectivity index (χ4v) is 3.39. The van der Waals surface area contributed by atoms with Gasteiger partial charge in [-0.1, -0.05) is 12.1 Å². The van der Waals surface area contributed by atoms with Crippen molar-refractivity contribution in [2.75, 3.05) is 40.3 Å². The number of hydrogen-bond donors (Lipinski definition) is 0. The highest BCUT2D eigenvalue weighted by Gasteiger charge is 2.30. The molecule has 140 valence electrons. The molecule has 0 N–H and O–H groups in total. The van der Waals surface area contributed by atoms with Crippen LogP contribution in [0.2, 0.25) is 0 Å². The van der Waals surface area contributed by atoms with Crippen molar-refractivity contribution in [3.05, 3.63) is 53.9 Å². The van der Waals surface area contributed by atoms with Gasteiger partial charge in [0.2, 0.25) is 5.91 Å². The summed E-state index contributed by atoms with van der Waals surface area (Å²) < 4.78 is 15.6. The number of imidazole rings is 1. The molecule has 1 amide bonds. The SMILES string of the molecule is CN(C)C(C(=O)N1CCN(Cc2nccn2C)CC1)c1cccc(F)c1. The van der Waals surface area contributed by atoms with Gasteiger partial charge in [-0.3, -0.25) is 14.6 Å². The zero-order valence-corrected chi connectivity index (χ0v) is 15.6. The number of benzene rings is 1. The molecule has 0 saturated carbocycles. The van der Waals surface area contributed by atoms with Crippen molar-refractivity contribution < 1.29 is 9.18 Å². The Bertz CT molecular complexity index is 752. The van der Waals surface area contributed by atoms with Gasteiger partial charge in [0.05, 0.1) is 6.54 Å². The zero-order valence-electron chi connectivity index (χ0n) is 15.6. The zero-order chi connectivity index (χ0) is 18.7. The smallest absolute Gasteiger partial charge is 0.244 e. The van der Waals surface area contributed by atoms with Crippen LogP contribution < -0.4 is 0 Å². The van der Waals surface area contributed by atoms with Gasteiger partial charge in [0, 0.05) is 45.6 Å². The number of nitrogens with zero attached hydrogens (tertiary/aromatic N) is 5. The fourth-order valence-electron chi connectivity index (χ4n) is 3.39. The van der Waals surface area contributed by atoms with E-state index < -0.39 is 6.04 Å². The van der Waals surface area contributed by atoms with E-state index in [0.717, 1.165) is 25.5 Å². The first-order chi connectivity index (χ1) is 12.5. The van der Waals surface area contributed by atoms with E-state index in [2.05, 4.69) is 9.88 Å². The van der Waals surface area contributed by atoms with Gasteiger partial charge in [0.15, 0.2) is 0 Å². The summed E-state index contributed by atoms with van der Waals surface area (Å²) in [5.74, 6) is 0.731. The number of aromatic nitrogens is 2. The molecule has 0 bridgehead atoms. The number of halogens is 1. The highest BCUT2D eigenvalue weighted by molar-refractivity contribution is 5.83. The van der Waals surface area contributed by atoms with Gasteiger partial charge in [0.1, 0.15) is 17.7 Å². The Morgan fingerprint density at radius 3 is 2.58 bits per heavy atom. The Morgan fingerprint density at radius 1 is 1.27 bits per heavy atom. The van der Waals surface area contributed by atoms with Crippen molar-refractivity contribution in [3.8, 4) is 0 Å². The molecular weight excluding hydrogens is 333 g/mol. The largest absolute Gasteiger partial charge is 0.338 e. The number of piperazine rings is 1. The number of hydrogen-bond acceptors (Lipinski definition) is 4. The summed E-state index contributed by atoms with van der Waals surface area (Å²) in [5, 5.41) is 0.